The molecular formula is C31H28O2P2. The van der Waals surface area contributed by atoms with E-state index in [9.17, 15) is 0 Å². The van der Waals surface area contributed by atoms with E-state index < -0.39 is 20.9 Å². The SMILES string of the molecule is CC1(C)OC(Cp2c3ccccc3c3ccccc32)[C@H](Cp2c3ccccc3c3ccccc32)O1. The molecule has 1 unspecified atom stereocenters. The second-order valence-electron chi connectivity index (χ2n) is 10.0. The predicted molar refractivity (Wildman–Crippen MR) is 152 cm³/mol. The maximum Gasteiger partial charge on any atom is 0.163 e. The Labute approximate surface area is 207 Å². The molecular weight excluding hydrogens is 466 g/mol. The Kier molecular flexibility index (Phi) is 5.09. The van der Waals surface area contributed by atoms with Gasteiger partial charge in [-0.1, -0.05) is 97.1 Å². The lowest BCUT2D eigenvalue weighted by Crippen LogP contribution is -2.23. The average molecular weight is 495 g/mol. The van der Waals surface area contributed by atoms with Gasteiger partial charge in [0, 0.05) is 32.8 Å². The highest BCUT2D eigenvalue weighted by atomic mass is 31.1. The molecule has 0 aliphatic carbocycles. The number of fused-ring (bicyclic) bond motifs is 6. The van der Waals surface area contributed by atoms with Gasteiger partial charge in [-0.25, -0.2) is 0 Å². The summed E-state index contributed by atoms with van der Waals surface area (Å²) in [5, 5.41) is 11.5. The van der Waals surface area contributed by atoms with Crippen LogP contribution in [0.25, 0.3) is 42.0 Å². The predicted octanol–water partition coefficient (Wildman–Crippen LogP) is 9.49. The minimum atomic E-state index is -0.558. The monoisotopic (exact) mass is 494 g/mol. The standard InChI is InChI=1S/C31H28O2P2/c1-31(2)32-25(19-34-27-15-7-3-11-21(27)22-12-4-8-16-28(22)34)26(33-31)20-35-29-17-9-5-13-23(29)24-14-6-10-18-30(24)35/h3-18,25-26H,19-20H2,1-2H3/t25-,26?/m0/s1. The van der Waals surface area contributed by atoms with Crippen molar-refractivity contribution in [3.8, 4) is 0 Å². The molecule has 3 heterocycles. The van der Waals surface area contributed by atoms with Crippen LogP contribution in [-0.2, 0) is 21.8 Å². The Morgan fingerprint density at radius 1 is 0.514 bits per heavy atom. The Morgan fingerprint density at radius 2 is 0.800 bits per heavy atom. The fraction of sp³-hybridized carbons (Fsp3) is 0.226. The highest BCUT2D eigenvalue weighted by Crippen LogP contribution is 2.55. The maximum absolute atomic E-state index is 6.64. The van der Waals surface area contributed by atoms with Crippen molar-refractivity contribution in [2.45, 2.75) is 44.2 Å². The van der Waals surface area contributed by atoms with Gasteiger partial charge in [-0.3, -0.25) is 0 Å². The first-order valence-electron chi connectivity index (χ1n) is 12.4. The zero-order valence-corrected chi connectivity index (χ0v) is 21.8. The molecule has 35 heavy (non-hydrogen) atoms. The molecule has 0 radical (unpaired) electrons. The lowest BCUT2D eigenvalue weighted by molar-refractivity contribution is -0.144. The van der Waals surface area contributed by atoms with Gasteiger partial charge in [-0.05, 0) is 35.4 Å². The van der Waals surface area contributed by atoms with Crippen LogP contribution in [0.3, 0.4) is 0 Å². The smallest absolute Gasteiger partial charge is 0.163 e. The summed E-state index contributed by atoms with van der Waals surface area (Å²) in [5.74, 6) is -0.558. The molecule has 0 spiro atoms. The van der Waals surface area contributed by atoms with Gasteiger partial charge in [0.1, 0.15) is 0 Å². The fourth-order valence-corrected chi connectivity index (χ4v) is 11.6. The van der Waals surface area contributed by atoms with Crippen molar-refractivity contribution in [3.05, 3.63) is 97.1 Å². The molecule has 4 aromatic carbocycles. The van der Waals surface area contributed by atoms with Crippen molar-refractivity contribution in [2.24, 2.45) is 0 Å². The molecule has 0 bridgehead atoms. The lowest BCUT2D eigenvalue weighted by Gasteiger charge is -2.18. The maximum atomic E-state index is 6.64. The molecule has 7 rings (SSSR count). The Morgan fingerprint density at radius 3 is 1.11 bits per heavy atom. The topological polar surface area (TPSA) is 18.5 Å². The fourth-order valence-electron chi connectivity index (χ4n) is 5.98. The zero-order valence-electron chi connectivity index (χ0n) is 20.0. The second-order valence-corrected chi connectivity index (χ2v) is 14.4. The summed E-state index contributed by atoms with van der Waals surface area (Å²) >= 11 is 0. The van der Waals surface area contributed by atoms with Crippen LogP contribution in [0.5, 0.6) is 0 Å². The molecule has 0 saturated carbocycles. The summed E-state index contributed by atoms with van der Waals surface area (Å²) in [7, 11) is -0.954. The van der Waals surface area contributed by atoms with Crippen LogP contribution < -0.4 is 0 Å². The number of benzene rings is 4. The van der Waals surface area contributed by atoms with Crippen LogP contribution >= 0.6 is 15.1 Å². The van der Waals surface area contributed by atoms with Crippen molar-refractivity contribution in [3.63, 3.8) is 0 Å². The van der Waals surface area contributed by atoms with Crippen LogP contribution in [0.2, 0.25) is 0 Å². The van der Waals surface area contributed by atoms with Gasteiger partial charge in [0.25, 0.3) is 0 Å². The van der Waals surface area contributed by atoms with Crippen LogP contribution in [0.15, 0.2) is 97.1 Å². The molecule has 2 atom stereocenters. The number of ether oxygens (including phenoxy) is 2. The van der Waals surface area contributed by atoms with Crippen LogP contribution in [0, 0.1) is 0 Å². The van der Waals surface area contributed by atoms with Gasteiger partial charge in [-0.15, -0.1) is 15.1 Å². The van der Waals surface area contributed by atoms with Gasteiger partial charge in [0.2, 0.25) is 0 Å². The molecule has 2 aromatic heterocycles. The summed E-state index contributed by atoms with van der Waals surface area (Å²) in [5.41, 5.74) is 0. The molecule has 1 fully saturated rings. The van der Waals surface area contributed by atoms with Crippen LogP contribution in [0.4, 0.5) is 0 Å². The highest BCUT2D eigenvalue weighted by molar-refractivity contribution is 7.61. The number of rotatable bonds is 4. The van der Waals surface area contributed by atoms with E-state index in [0.717, 1.165) is 12.3 Å². The molecule has 1 aliphatic heterocycles. The van der Waals surface area contributed by atoms with E-state index in [1.165, 1.54) is 42.0 Å². The first-order chi connectivity index (χ1) is 17.1. The summed E-state index contributed by atoms with van der Waals surface area (Å²) in [4.78, 5) is 0. The average Bonchev–Trinajstić information content (AvgIpc) is 3.48. The molecule has 1 aliphatic rings. The van der Waals surface area contributed by atoms with E-state index in [-0.39, 0.29) is 12.2 Å². The molecule has 6 aromatic rings. The summed E-state index contributed by atoms with van der Waals surface area (Å²) in [6, 6.07) is 35.8. The van der Waals surface area contributed by atoms with Gasteiger partial charge in [0.05, 0.1) is 12.2 Å². The molecule has 174 valence electrons. The Hall–Kier alpha value is -2.60. The largest absolute Gasteiger partial charge is 0.344 e. The van der Waals surface area contributed by atoms with E-state index in [2.05, 4.69) is 111 Å². The van der Waals surface area contributed by atoms with E-state index in [0.29, 0.717) is 0 Å². The van der Waals surface area contributed by atoms with Crippen LogP contribution in [0.1, 0.15) is 13.8 Å². The van der Waals surface area contributed by atoms with E-state index in [1.807, 2.05) is 0 Å². The summed E-state index contributed by atoms with van der Waals surface area (Å²) < 4.78 is 13.3. The normalized spacial score (nSPS) is 19.9. The van der Waals surface area contributed by atoms with Gasteiger partial charge < -0.3 is 9.47 Å². The third-order valence-electron chi connectivity index (χ3n) is 7.37. The van der Waals surface area contributed by atoms with E-state index in [4.69, 9.17) is 9.47 Å². The molecule has 4 heteroatoms. The summed E-state index contributed by atoms with van der Waals surface area (Å²) in [6.45, 7) is 4.15. The number of hydrogen-bond donors (Lipinski definition) is 0. The molecule has 1 saturated heterocycles. The van der Waals surface area contributed by atoms with Gasteiger partial charge in [0.15, 0.2) is 5.79 Å². The van der Waals surface area contributed by atoms with Crippen molar-refractivity contribution < 1.29 is 9.47 Å². The number of hydrogen-bond acceptors (Lipinski definition) is 2. The van der Waals surface area contributed by atoms with Gasteiger partial charge >= 0.3 is 0 Å². The second kappa shape index (κ2) is 8.22. The van der Waals surface area contributed by atoms with Gasteiger partial charge in [-0.2, -0.15) is 0 Å². The van der Waals surface area contributed by atoms with Crippen molar-refractivity contribution in [1.82, 2.24) is 0 Å². The van der Waals surface area contributed by atoms with Crippen molar-refractivity contribution >= 4 is 57.1 Å². The lowest BCUT2D eigenvalue weighted by atomic mass is 10.2. The quantitative estimate of drug-likeness (QED) is 0.243. The molecule has 0 N–H and O–H groups in total. The first-order valence-corrected chi connectivity index (χ1v) is 15.4. The van der Waals surface area contributed by atoms with E-state index in [1.54, 1.807) is 0 Å². The third kappa shape index (κ3) is 3.55. The first kappa shape index (κ1) is 21.7. The van der Waals surface area contributed by atoms with Crippen LogP contribution in [-0.4, -0.2) is 18.0 Å². The van der Waals surface area contributed by atoms with Crippen molar-refractivity contribution in [1.29, 1.82) is 0 Å². The Bertz CT molecular complexity index is 1480. The summed E-state index contributed by atoms with van der Waals surface area (Å²) in [6.07, 6.45) is 2.17. The van der Waals surface area contributed by atoms with Crippen molar-refractivity contribution in [2.75, 3.05) is 0 Å². The zero-order chi connectivity index (χ0) is 23.6. The minimum absolute atomic E-state index is 0.0812. The molecule has 0 amide bonds. The minimum Gasteiger partial charge on any atom is -0.344 e. The third-order valence-corrected chi connectivity index (χ3v) is 12.7. The Balaban J connectivity index is 1.32. The van der Waals surface area contributed by atoms with E-state index >= 15 is 0 Å². The highest BCUT2D eigenvalue weighted by Gasteiger charge is 2.42. The molecule has 2 nitrogen and oxygen atoms in total.